The van der Waals surface area contributed by atoms with E-state index in [2.05, 4.69) is 5.32 Å². The summed E-state index contributed by atoms with van der Waals surface area (Å²) in [5.41, 5.74) is 0.645. The molecule has 6 nitrogen and oxygen atoms in total. The summed E-state index contributed by atoms with van der Waals surface area (Å²) >= 11 is 18.4. The molecule has 2 aromatic rings. The van der Waals surface area contributed by atoms with Crippen LogP contribution in [0.5, 0.6) is 17.2 Å². The highest BCUT2D eigenvalue weighted by Gasteiger charge is 2.18. The third kappa shape index (κ3) is 5.19. The molecule has 2 rings (SSSR count). The second kappa shape index (κ2) is 8.69. The van der Waals surface area contributed by atoms with Crippen LogP contribution in [-0.2, 0) is 4.79 Å². The van der Waals surface area contributed by atoms with Crippen LogP contribution in [-0.4, -0.2) is 22.1 Å². The molecule has 0 unspecified atom stereocenters. The molecular weight excluding hydrogens is 417 g/mol. The molecule has 9 heteroatoms. The Morgan fingerprint density at radius 1 is 1.07 bits per heavy atom. The van der Waals surface area contributed by atoms with Gasteiger partial charge in [-0.05, 0) is 24.1 Å². The lowest BCUT2D eigenvalue weighted by Crippen LogP contribution is -2.24. The fraction of sp³-hybridized carbons (Fsp3) is 0.167. The molecule has 0 aromatic heterocycles. The maximum absolute atomic E-state index is 11.9. The number of aromatic hydroxyl groups is 1. The molecule has 1 amide bonds. The highest BCUT2D eigenvalue weighted by molar-refractivity contribution is 6.37. The molecule has 0 atom stereocenters. The van der Waals surface area contributed by atoms with Crippen molar-refractivity contribution in [3.63, 3.8) is 0 Å². The zero-order valence-corrected chi connectivity index (χ0v) is 16.5. The number of phenols is 1. The second-order valence-corrected chi connectivity index (χ2v) is 7.05. The maximum atomic E-state index is 11.9. The maximum Gasteiger partial charge on any atom is 0.329 e. The largest absolute Gasteiger partial charge is 0.506 e. The van der Waals surface area contributed by atoms with E-state index in [0.717, 1.165) is 0 Å². The van der Waals surface area contributed by atoms with Crippen LogP contribution in [0, 0.1) is 6.54 Å². The van der Waals surface area contributed by atoms with Crippen LogP contribution in [0.2, 0.25) is 15.1 Å². The number of ether oxygens (including phenoxy) is 1. The molecule has 0 saturated heterocycles. The highest BCUT2D eigenvalue weighted by atomic mass is 35.5. The van der Waals surface area contributed by atoms with Gasteiger partial charge >= 0.3 is 5.97 Å². The number of nitrogens with one attached hydrogen (secondary N) is 1. The number of carbonyl (C=O) groups excluding carboxylic acids is 1. The number of phenolic OH excluding ortho intramolecular Hbond substituents is 1. The smallest absolute Gasteiger partial charge is 0.329 e. The summed E-state index contributed by atoms with van der Waals surface area (Å²) in [6, 6.07) is 5.61. The molecule has 0 spiro atoms. The molecule has 0 bridgehead atoms. The molecular formula is C18H15Cl3NO5. The van der Waals surface area contributed by atoms with E-state index in [1.54, 1.807) is 6.07 Å². The zero-order valence-electron chi connectivity index (χ0n) is 14.2. The summed E-state index contributed by atoms with van der Waals surface area (Å²) in [6.07, 6.45) is 0. The summed E-state index contributed by atoms with van der Waals surface area (Å²) in [7, 11) is 0. The number of rotatable bonds is 6. The van der Waals surface area contributed by atoms with Gasteiger partial charge in [0.05, 0.1) is 15.1 Å². The van der Waals surface area contributed by atoms with E-state index in [9.17, 15) is 14.7 Å². The van der Waals surface area contributed by atoms with Gasteiger partial charge in [-0.2, -0.15) is 0 Å². The lowest BCUT2D eigenvalue weighted by Gasteiger charge is -2.15. The molecule has 1 radical (unpaired) electrons. The minimum Gasteiger partial charge on any atom is -0.506 e. The molecule has 2 aromatic carbocycles. The minimum atomic E-state index is -1.30. The SMILES string of the molecule is CC(C)c1cc(Oc2c(Cl)cc(C(=O)N[CH]C(=O)O)cc2Cl)cc(Cl)c1O. The van der Waals surface area contributed by atoms with Crippen molar-refractivity contribution in [2.45, 2.75) is 19.8 Å². The van der Waals surface area contributed by atoms with E-state index in [1.807, 2.05) is 13.8 Å². The molecule has 3 N–H and O–H groups in total. The highest BCUT2D eigenvalue weighted by Crippen LogP contribution is 2.41. The van der Waals surface area contributed by atoms with Crippen molar-refractivity contribution >= 4 is 46.7 Å². The second-order valence-electron chi connectivity index (χ2n) is 5.82. The quantitative estimate of drug-likeness (QED) is 0.581. The number of hydrogen-bond donors (Lipinski definition) is 3. The number of aliphatic carboxylic acids is 1. The summed E-state index contributed by atoms with van der Waals surface area (Å²) < 4.78 is 5.71. The van der Waals surface area contributed by atoms with Gasteiger partial charge in [0.15, 0.2) is 12.3 Å². The third-order valence-electron chi connectivity index (χ3n) is 3.50. The first-order valence-electron chi connectivity index (χ1n) is 7.66. The average Bonchev–Trinajstić information content (AvgIpc) is 2.58. The summed E-state index contributed by atoms with van der Waals surface area (Å²) in [5.74, 6) is -1.63. The Hall–Kier alpha value is -2.15. The van der Waals surface area contributed by atoms with E-state index in [1.165, 1.54) is 18.2 Å². The van der Waals surface area contributed by atoms with Gasteiger partial charge in [-0.15, -0.1) is 0 Å². The van der Waals surface area contributed by atoms with Gasteiger partial charge in [0.25, 0.3) is 5.91 Å². The van der Waals surface area contributed by atoms with E-state index < -0.39 is 11.9 Å². The van der Waals surface area contributed by atoms with Gasteiger partial charge in [0.2, 0.25) is 0 Å². The Labute approximate surface area is 170 Å². The van der Waals surface area contributed by atoms with Gasteiger partial charge in [0, 0.05) is 17.2 Å². The minimum absolute atomic E-state index is 0.00597. The predicted octanol–water partition coefficient (Wildman–Crippen LogP) is 5.24. The van der Waals surface area contributed by atoms with Crippen molar-refractivity contribution in [1.82, 2.24) is 5.32 Å². The van der Waals surface area contributed by atoms with Gasteiger partial charge < -0.3 is 20.3 Å². The molecule has 0 aliphatic rings. The summed E-state index contributed by atoms with van der Waals surface area (Å²) in [6.45, 7) is 4.37. The van der Waals surface area contributed by atoms with E-state index in [0.29, 0.717) is 17.9 Å². The van der Waals surface area contributed by atoms with E-state index in [4.69, 9.17) is 44.6 Å². The third-order valence-corrected chi connectivity index (χ3v) is 4.35. The van der Waals surface area contributed by atoms with Crippen molar-refractivity contribution < 1.29 is 24.5 Å². The number of amides is 1. The number of hydrogen-bond acceptors (Lipinski definition) is 4. The van der Waals surface area contributed by atoms with Crippen LogP contribution in [0.15, 0.2) is 24.3 Å². The zero-order chi connectivity index (χ0) is 20.3. The monoisotopic (exact) mass is 430 g/mol. The Balaban J connectivity index is 2.33. The van der Waals surface area contributed by atoms with E-state index >= 15 is 0 Å². The normalized spacial score (nSPS) is 10.7. The van der Waals surface area contributed by atoms with Crippen molar-refractivity contribution in [1.29, 1.82) is 0 Å². The van der Waals surface area contributed by atoms with Crippen LogP contribution in [0.25, 0.3) is 0 Å². The van der Waals surface area contributed by atoms with Crippen LogP contribution in [0.1, 0.15) is 35.7 Å². The summed E-state index contributed by atoms with van der Waals surface area (Å²) in [4.78, 5) is 22.4. The fourth-order valence-corrected chi connectivity index (χ4v) is 2.99. The first-order valence-corrected chi connectivity index (χ1v) is 8.79. The fourth-order valence-electron chi connectivity index (χ4n) is 2.21. The van der Waals surface area contributed by atoms with Crippen LogP contribution in [0.3, 0.4) is 0 Å². The predicted molar refractivity (Wildman–Crippen MR) is 103 cm³/mol. The van der Waals surface area contributed by atoms with Crippen molar-refractivity contribution in [3.8, 4) is 17.2 Å². The molecule has 0 fully saturated rings. The van der Waals surface area contributed by atoms with Crippen LogP contribution < -0.4 is 10.1 Å². The van der Waals surface area contributed by atoms with Crippen LogP contribution in [0.4, 0.5) is 0 Å². The summed E-state index contributed by atoms with van der Waals surface area (Å²) in [5, 5.41) is 20.9. The topological polar surface area (TPSA) is 95.9 Å². The molecule has 0 saturated carbocycles. The molecule has 0 aliphatic carbocycles. The number of carboxylic acid groups (broad SMARTS) is 1. The Bertz CT molecular complexity index is 876. The van der Waals surface area contributed by atoms with E-state index in [-0.39, 0.29) is 38.0 Å². The van der Waals surface area contributed by atoms with Crippen molar-refractivity contribution in [2.75, 3.05) is 0 Å². The Morgan fingerprint density at radius 2 is 1.67 bits per heavy atom. The average molecular weight is 432 g/mol. The first-order chi connectivity index (χ1) is 12.6. The van der Waals surface area contributed by atoms with Crippen molar-refractivity contribution in [3.05, 3.63) is 57.0 Å². The number of carbonyl (C=O) groups is 2. The molecule has 143 valence electrons. The van der Waals surface area contributed by atoms with Gasteiger partial charge in [-0.3, -0.25) is 4.79 Å². The number of carboxylic acids is 1. The Morgan fingerprint density at radius 3 is 2.19 bits per heavy atom. The number of benzene rings is 2. The van der Waals surface area contributed by atoms with Crippen molar-refractivity contribution in [2.24, 2.45) is 0 Å². The lowest BCUT2D eigenvalue weighted by atomic mass is 10.0. The molecule has 0 aliphatic heterocycles. The van der Waals surface area contributed by atoms with Crippen LogP contribution >= 0.6 is 34.8 Å². The van der Waals surface area contributed by atoms with Gasteiger partial charge in [0.1, 0.15) is 11.5 Å². The Kier molecular flexibility index (Phi) is 6.81. The standard InChI is InChI=1S/C18H15Cl3NO5/c1-8(2)11-5-10(6-12(19)16(11)25)27-17-13(20)3-9(4-14(17)21)18(26)22-7-15(23)24/h3-8,25H,1-2H3,(H,22,26)(H,23,24). The molecule has 27 heavy (non-hydrogen) atoms. The first kappa shape index (κ1) is 21.2. The van der Waals surface area contributed by atoms with Gasteiger partial charge in [-0.1, -0.05) is 48.7 Å². The van der Waals surface area contributed by atoms with Gasteiger partial charge in [-0.25, -0.2) is 4.79 Å². The lowest BCUT2D eigenvalue weighted by molar-refractivity contribution is -0.133. The number of halogens is 3. The molecule has 0 heterocycles.